The third kappa shape index (κ3) is 2.19. The maximum Gasteiger partial charge on any atom is 0.216 e. The highest BCUT2D eigenvalue weighted by Crippen LogP contribution is 2.42. The molecule has 0 saturated carbocycles. The Labute approximate surface area is 136 Å². The molecule has 23 heavy (non-hydrogen) atoms. The molecule has 0 N–H and O–H groups in total. The van der Waals surface area contributed by atoms with E-state index in [2.05, 4.69) is 26.9 Å². The summed E-state index contributed by atoms with van der Waals surface area (Å²) in [6.07, 6.45) is 7.37. The molecule has 3 heterocycles. The van der Waals surface area contributed by atoms with E-state index in [1.807, 2.05) is 11.7 Å². The molecule has 1 aliphatic heterocycles. The van der Waals surface area contributed by atoms with Crippen LogP contribution in [0.5, 0.6) is 5.88 Å². The number of hydrogen-bond acceptors (Lipinski definition) is 5. The second kappa shape index (κ2) is 5.51. The second-order valence-electron chi connectivity index (χ2n) is 6.46. The average molecular weight is 313 g/mol. The van der Waals surface area contributed by atoms with E-state index in [-0.39, 0.29) is 0 Å². The van der Waals surface area contributed by atoms with Gasteiger partial charge in [-0.3, -0.25) is 0 Å². The fourth-order valence-electron chi connectivity index (χ4n) is 4.19. The van der Waals surface area contributed by atoms with Crippen molar-refractivity contribution in [1.29, 1.82) is 0 Å². The van der Waals surface area contributed by atoms with Crippen LogP contribution in [-0.4, -0.2) is 33.4 Å². The van der Waals surface area contributed by atoms with Crippen LogP contribution in [-0.2, 0) is 19.9 Å². The van der Waals surface area contributed by atoms with Gasteiger partial charge in [-0.2, -0.15) is 5.10 Å². The minimum Gasteiger partial charge on any atom is -0.481 e. The monoisotopic (exact) mass is 313 g/mol. The van der Waals surface area contributed by atoms with Crippen molar-refractivity contribution in [3.8, 4) is 5.88 Å². The highest BCUT2D eigenvalue weighted by molar-refractivity contribution is 5.54. The quantitative estimate of drug-likeness (QED) is 0.870. The predicted molar refractivity (Wildman–Crippen MR) is 87.9 cm³/mol. The molecule has 1 aliphatic carbocycles. The van der Waals surface area contributed by atoms with Crippen LogP contribution >= 0.6 is 0 Å². The van der Waals surface area contributed by atoms with Crippen LogP contribution in [0.2, 0.25) is 0 Å². The SMILES string of the molecule is COc1c(C2CCCN2c2ncnc3c2CCC3)c(C)nn1C. The first-order valence-corrected chi connectivity index (χ1v) is 8.37. The lowest BCUT2D eigenvalue weighted by Crippen LogP contribution is -2.25. The van der Waals surface area contributed by atoms with Crippen molar-refractivity contribution >= 4 is 5.82 Å². The van der Waals surface area contributed by atoms with Crippen molar-refractivity contribution in [2.24, 2.45) is 7.05 Å². The normalized spacial score (nSPS) is 20.1. The van der Waals surface area contributed by atoms with Crippen molar-refractivity contribution < 1.29 is 4.74 Å². The lowest BCUT2D eigenvalue weighted by atomic mass is 10.0. The van der Waals surface area contributed by atoms with Crippen molar-refractivity contribution in [1.82, 2.24) is 19.7 Å². The maximum absolute atomic E-state index is 5.63. The Morgan fingerprint density at radius 3 is 2.91 bits per heavy atom. The van der Waals surface area contributed by atoms with Crippen molar-refractivity contribution in [3.63, 3.8) is 0 Å². The number of rotatable bonds is 3. The van der Waals surface area contributed by atoms with E-state index in [0.717, 1.165) is 43.2 Å². The Hall–Kier alpha value is -2.11. The molecule has 0 spiro atoms. The van der Waals surface area contributed by atoms with E-state index in [1.54, 1.807) is 13.4 Å². The highest BCUT2D eigenvalue weighted by atomic mass is 16.5. The van der Waals surface area contributed by atoms with Crippen LogP contribution in [0, 0.1) is 6.92 Å². The molecule has 0 amide bonds. The molecule has 1 unspecified atom stereocenters. The first-order valence-electron chi connectivity index (χ1n) is 8.37. The van der Waals surface area contributed by atoms with Crippen molar-refractivity contribution in [3.05, 3.63) is 28.8 Å². The standard InChI is InChI=1S/C17H23N5O/c1-11-15(17(23-3)21(2)20-11)14-8-5-9-22(14)16-12-6-4-7-13(12)18-10-19-16/h10,14H,4-9H2,1-3H3. The largest absolute Gasteiger partial charge is 0.481 e. The maximum atomic E-state index is 5.63. The van der Waals surface area contributed by atoms with Gasteiger partial charge < -0.3 is 9.64 Å². The van der Waals surface area contributed by atoms with Gasteiger partial charge in [0.1, 0.15) is 12.1 Å². The van der Waals surface area contributed by atoms with Gasteiger partial charge in [-0.15, -0.1) is 0 Å². The molecule has 6 nitrogen and oxygen atoms in total. The lowest BCUT2D eigenvalue weighted by molar-refractivity contribution is 0.366. The number of nitrogens with zero attached hydrogens (tertiary/aromatic N) is 5. The van der Waals surface area contributed by atoms with Gasteiger partial charge in [-0.25, -0.2) is 14.6 Å². The van der Waals surface area contributed by atoms with E-state index in [9.17, 15) is 0 Å². The number of methoxy groups -OCH3 is 1. The molecular formula is C17H23N5O. The molecule has 1 fully saturated rings. The number of anilines is 1. The van der Waals surface area contributed by atoms with Gasteiger partial charge in [0, 0.05) is 24.8 Å². The molecule has 0 radical (unpaired) electrons. The van der Waals surface area contributed by atoms with Crippen LogP contribution in [0.3, 0.4) is 0 Å². The molecule has 6 heteroatoms. The second-order valence-corrected chi connectivity index (χ2v) is 6.46. The fourth-order valence-corrected chi connectivity index (χ4v) is 4.19. The first-order chi connectivity index (χ1) is 11.2. The fraction of sp³-hybridized carbons (Fsp3) is 0.588. The smallest absolute Gasteiger partial charge is 0.216 e. The summed E-state index contributed by atoms with van der Waals surface area (Å²) >= 11 is 0. The van der Waals surface area contributed by atoms with Crippen LogP contribution < -0.4 is 9.64 Å². The molecule has 0 aromatic carbocycles. The number of hydrogen-bond donors (Lipinski definition) is 0. The Morgan fingerprint density at radius 2 is 2.09 bits per heavy atom. The molecule has 122 valence electrons. The van der Waals surface area contributed by atoms with E-state index in [1.165, 1.54) is 29.7 Å². The number of ether oxygens (including phenoxy) is 1. The van der Waals surface area contributed by atoms with Gasteiger partial charge in [-0.1, -0.05) is 0 Å². The molecular weight excluding hydrogens is 290 g/mol. The average Bonchev–Trinajstić information content (AvgIpc) is 3.24. The van der Waals surface area contributed by atoms with Crippen LogP contribution in [0.25, 0.3) is 0 Å². The summed E-state index contributed by atoms with van der Waals surface area (Å²) in [5.41, 5.74) is 4.83. The van der Waals surface area contributed by atoms with E-state index in [4.69, 9.17) is 4.74 Å². The van der Waals surface area contributed by atoms with E-state index >= 15 is 0 Å². The van der Waals surface area contributed by atoms with Gasteiger partial charge in [0.15, 0.2) is 0 Å². The van der Waals surface area contributed by atoms with E-state index in [0.29, 0.717) is 6.04 Å². The summed E-state index contributed by atoms with van der Waals surface area (Å²) in [5.74, 6) is 1.99. The zero-order valence-electron chi connectivity index (χ0n) is 14.0. The minimum atomic E-state index is 0.290. The van der Waals surface area contributed by atoms with Gasteiger partial charge >= 0.3 is 0 Å². The Balaban J connectivity index is 1.78. The number of aromatic nitrogens is 4. The van der Waals surface area contributed by atoms with Crippen molar-refractivity contribution in [2.45, 2.75) is 45.1 Å². The van der Waals surface area contributed by atoms with Crippen LogP contribution in [0.4, 0.5) is 5.82 Å². The van der Waals surface area contributed by atoms with Gasteiger partial charge in [0.05, 0.1) is 24.4 Å². The molecule has 2 aliphatic rings. The van der Waals surface area contributed by atoms with Gasteiger partial charge in [-0.05, 0) is 39.0 Å². The summed E-state index contributed by atoms with van der Waals surface area (Å²) < 4.78 is 7.47. The summed E-state index contributed by atoms with van der Waals surface area (Å²) in [6.45, 7) is 3.10. The molecule has 2 aromatic rings. The third-order valence-electron chi connectivity index (χ3n) is 5.12. The minimum absolute atomic E-state index is 0.290. The molecule has 4 rings (SSSR count). The number of aryl methyl sites for hydroxylation is 3. The Kier molecular flexibility index (Phi) is 3.47. The summed E-state index contributed by atoms with van der Waals surface area (Å²) in [7, 11) is 3.67. The predicted octanol–water partition coefficient (Wildman–Crippen LogP) is 2.36. The van der Waals surface area contributed by atoms with E-state index < -0.39 is 0 Å². The molecule has 1 atom stereocenters. The first kappa shape index (κ1) is 14.5. The van der Waals surface area contributed by atoms with Crippen LogP contribution in [0.1, 0.15) is 47.8 Å². The Morgan fingerprint density at radius 1 is 1.22 bits per heavy atom. The third-order valence-corrected chi connectivity index (χ3v) is 5.12. The topological polar surface area (TPSA) is 56.1 Å². The van der Waals surface area contributed by atoms with Crippen molar-refractivity contribution in [2.75, 3.05) is 18.6 Å². The van der Waals surface area contributed by atoms with Crippen LogP contribution in [0.15, 0.2) is 6.33 Å². The zero-order valence-corrected chi connectivity index (χ0v) is 14.0. The number of fused-ring (bicyclic) bond motifs is 1. The van der Waals surface area contributed by atoms with Gasteiger partial charge in [0.25, 0.3) is 0 Å². The Bertz CT molecular complexity index is 739. The summed E-state index contributed by atoms with van der Waals surface area (Å²) in [6, 6.07) is 0.290. The summed E-state index contributed by atoms with van der Waals surface area (Å²) in [5, 5.41) is 4.56. The molecule has 2 aromatic heterocycles. The highest BCUT2D eigenvalue weighted by Gasteiger charge is 2.35. The van der Waals surface area contributed by atoms with Gasteiger partial charge in [0.2, 0.25) is 5.88 Å². The zero-order chi connectivity index (χ0) is 16.0. The summed E-state index contributed by atoms with van der Waals surface area (Å²) in [4.78, 5) is 11.6. The lowest BCUT2D eigenvalue weighted by Gasteiger charge is -2.27. The molecule has 1 saturated heterocycles. The molecule has 0 bridgehead atoms.